The molecule has 0 radical (unpaired) electrons. The molecule has 5 nitrogen and oxygen atoms in total. The molecule has 0 saturated heterocycles. The quantitative estimate of drug-likeness (QED) is 0.696. The Hall–Kier alpha value is -2.04. The van der Waals surface area contributed by atoms with Crippen LogP contribution in [0.25, 0.3) is 0 Å². The Labute approximate surface area is 105 Å². The molecule has 1 aromatic carbocycles. The van der Waals surface area contributed by atoms with Gasteiger partial charge in [-0.3, -0.25) is 9.59 Å². The largest absolute Gasteiger partial charge is 0.508 e. The standard InChI is InChI=1S/C13H16O5/c1-3-7(2)13(18)12-8(5-11(16)17)4-9(14)6-10(12)15/h4,6-7,14-15H,3,5H2,1-2H3,(H,16,17)/t7-/m1/s1. The Balaban J connectivity index is 3.31. The lowest BCUT2D eigenvalue weighted by Gasteiger charge is -2.13. The Bertz CT molecular complexity index is 479. The topological polar surface area (TPSA) is 94.8 Å². The van der Waals surface area contributed by atoms with Crippen molar-refractivity contribution in [1.82, 2.24) is 0 Å². The Morgan fingerprint density at radius 1 is 1.28 bits per heavy atom. The van der Waals surface area contributed by atoms with Crippen LogP contribution < -0.4 is 0 Å². The second kappa shape index (κ2) is 5.53. The molecule has 0 aliphatic rings. The Morgan fingerprint density at radius 2 is 1.89 bits per heavy atom. The van der Waals surface area contributed by atoms with Gasteiger partial charge in [-0.15, -0.1) is 0 Å². The summed E-state index contributed by atoms with van der Waals surface area (Å²) in [5.41, 5.74) is 0.120. The summed E-state index contributed by atoms with van der Waals surface area (Å²) in [7, 11) is 0. The summed E-state index contributed by atoms with van der Waals surface area (Å²) in [5, 5.41) is 27.8. The van der Waals surface area contributed by atoms with Gasteiger partial charge in [0.1, 0.15) is 11.5 Å². The molecule has 0 aliphatic heterocycles. The number of ketones is 1. The highest BCUT2D eigenvalue weighted by molar-refractivity contribution is 6.02. The lowest BCUT2D eigenvalue weighted by Crippen LogP contribution is -2.15. The summed E-state index contributed by atoms with van der Waals surface area (Å²) in [5.74, 6) is -2.39. The van der Waals surface area contributed by atoms with Gasteiger partial charge < -0.3 is 15.3 Å². The van der Waals surface area contributed by atoms with Crippen LogP contribution in [0.4, 0.5) is 0 Å². The predicted octanol–water partition coefficient (Wildman–Crippen LogP) is 1.95. The Morgan fingerprint density at radius 3 is 2.39 bits per heavy atom. The van der Waals surface area contributed by atoms with Crippen LogP contribution in [0.3, 0.4) is 0 Å². The van der Waals surface area contributed by atoms with Crippen LogP contribution >= 0.6 is 0 Å². The number of aromatic hydroxyl groups is 2. The van der Waals surface area contributed by atoms with Crippen molar-refractivity contribution in [2.45, 2.75) is 26.7 Å². The number of rotatable bonds is 5. The molecule has 0 saturated carbocycles. The monoisotopic (exact) mass is 252 g/mol. The maximum Gasteiger partial charge on any atom is 0.307 e. The maximum absolute atomic E-state index is 12.1. The zero-order valence-electron chi connectivity index (χ0n) is 10.3. The number of carbonyl (C=O) groups is 2. The van der Waals surface area contributed by atoms with Crippen molar-refractivity contribution in [2.24, 2.45) is 5.92 Å². The van der Waals surface area contributed by atoms with Crippen LogP contribution in [0.2, 0.25) is 0 Å². The average Bonchev–Trinajstić information content (AvgIpc) is 2.25. The summed E-state index contributed by atoms with van der Waals surface area (Å²) >= 11 is 0. The minimum Gasteiger partial charge on any atom is -0.508 e. The van der Waals surface area contributed by atoms with Gasteiger partial charge in [0.15, 0.2) is 5.78 Å². The molecular formula is C13H16O5. The van der Waals surface area contributed by atoms with Gasteiger partial charge in [0, 0.05) is 12.0 Å². The van der Waals surface area contributed by atoms with Crippen LogP contribution in [0.15, 0.2) is 12.1 Å². The number of Topliss-reactive ketones (excluding diaryl/α,β-unsaturated/α-hetero) is 1. The van der Waals surface area contributed by atoms with E-state index < -0.39 is 12.4 Å². The van der Waals surface area contributed by atoms with E-state index in [2.05, 4.69) is 0 Å². The molecule has 0 aliphatic carbocycles. The number of phenolic OH excluding ortho intramolecular Hbond substituents is 2. The third-order valence-electron chi connectivity index (χ3n) is 2.83. The second-order valence-electron chi connectivity index (χ2n) is 4.24. The van der Waals surface area contributed by atoms with Crippen LogP contribution in [0.1, 0.15) is 36.2 Å². The highest BCUT2D eigenvalue weighted by Crippen LogP contribution is 2.30. The average molecular weight is 252 g/mol. The fourth-order valence-electron chi connectivity index (χ4n) is 1.69. The van der Waals surface area contributed by atoms with Crippen molar-refractivity contribution in [3.05, 3.63) is 23.3 Å². The van der Waals surface area contributed by atoms with Crippen molar-refractivity contribution < 1.29 is 24.9 Å². The molecule has 98 valence electrons. The highest BCUT2D eigenvalue weighted by Gasteiger charge is 2.22. The van der Waals surface area contributed by atoms with Gasteiger partial charge in [0.05, 0.1) is 12.0 Å². The third kappa shape index (κ3) is 3.00. The molecule has 0 bridgehead atoms. The maximum atomic E-state index is 12.1. The van der Waals surface area contributed by atoms with E-state index >= 15 is 0 Å². The molecular weight excluding hydrogens is 236 g/mol. The van der Waals surface area contributed by atoms with Crippen molar-refractivity contribution in [3.8, 4) is 11.5 Å². The predicted molar refractivity (Wildman–Crippen MR) is 64.9 cm³/mol. The molecule has 3 N–H and O–H groups in total. The minimum atomic E-state index is -1.13. The number of carbonyl (C=O) groups excluding carboxylic acids is 1. The van der Waals surface area contributed by atoms with Gasteiger partial charge in [-0.25, -0.2) is 0 Å². The summed E-state index contributed by atoms with van der Waals surface area (Å²) in [6.45, 7) is 3.54. The van der Waals surface area contributed by atoms with Crippen molar-refractivity contribution in [3.63, 3.8) is 0 Å². The van der Waals surface area contributed by atoms with E-state index in [1.165, 1.54) is 6.07 Å². The van der Waals surface area contributed by atoms with Gasteiger partial charge in [0.2, 0.25) is 0 Å². The zero-order chi connectivity index (χ0) is 13.9. The highest BCUT2D eigenvalue weighted by atomic mass is 16.4. The zero-order valence-corrected chi connectivity index (χ0v) is 10.3. The molecule has 0 heterocycles. The summed E-state index contributed by atoms with van der Waals surface area (Å²) in [6, 6.07) is 2.24. The van der Waals surface area contributed by atoms with Crippen molar-refractivity contribution in [2.75, 3.05) is 0 Å². The van der Waals surface area contributed by atoms with E-state index in [4.69, 9.17) is 5.11 Å². The lowest BCUT2D eigenvalue weighted by atomic mass is 9.91. The second-order valence-corrected chi connectivity index (χ2v) is 4.24. The first kappa shape index (κ1) is 14.0. The minimum absolute atomic E-state index is 0.00968. The Kier molecular flexibility index (Phi) is 4.31. The number of phenols is 2. The molecule has 0 spiro atoms. The summed E-state index contributed by atoms with van der Waals surface area (Å²) in [6.07, 6.45) is 0.172. The van der Waals surface area contributed by atoms with Crippen molar-refractivity contribution in [1.29, 1.82) is 0 Å². The number of carboxylic acid groups (broad SMARTS) is 1. The summed E-state index contributed by atoms with van der Waals surface area (Å²) < 4.78 is 0. The molecule has 1 aromatic rings. The number of aliphatic carboxylic acids is 1. The SMILES string of the molecule is CC[C@@H](C)C(=O)c1c(O)cc(O)cc1CC(=O)O. The van der Waals surface area contributed by atoms with E-state index in [0.717, 1.165) is 6.07 Å². The molecule has 5 heteroatoms. The molecule has 0 amide bonds. The van der Waals surface area contributed by atoms with Gasteiger partial charge in [-0.2, -0.15) is 0 Å². The van der Waals surface area contributed by atoms with Gasteiger partial charge in [-0.1, -0.05) is 13.8 Å². The normalized spacial score (nSPS) is 12.1. The number of hydrogen-bond acceptors (Lipinski definition) is 4. The van der Waals surface area contributed by atoms with E-state index in [1.54, 1.807) is 6.92 Å². The molecule has 18 heavy (non-hydrogen) atoms. The number of hydrogen-bond donors (Lipinski definition) is 3. The van der Waals surface area contributed by atoms with Crippen LogP contribution in [0.5, 0.6) is 11.5 Å². The van der Waals surface area contributed by atoms with Gasteiger partial charge >= 0.3 is 5.97 Å². The summed E-state index contributed by atoms with van der Waals surface area (Å²) in [4.78, 5) is 22.8. The van der Waals surface area contributed by atoms with Crippen LogP contribution in [-0.4, -0.2) is 27.1 Å². The first-order chi connectivity index (χ1) is 8.36. The lowest BCUT2D eigenvalue weighted by molar-refractivity contribution is -0.136. The molecule has 1 rings (SSSR count). The third-order valence-corrected chi connectivity index (χ3v) is 2.83. The molecule has 0 aromatic heterocycles. The van der Waals surface area contributed by atoms with E-state index in [-0.39, 0.29) is 34.3 Å². The van der Waals surface area contributed by atoms with Crippen LogP contribution in [0, 0.1) is 5.92 Å². The van der Waals surface area contributed by atoms with Crippen LogP contribution in [-0.2, 0) is 11.2 Å². The number of carboxylic acids is 1. The number of benzene rings is 1. The first-order valence-corrected chi connectivity index (χ1v) is 5.67. The fraction of sp³-hybridized carbons (Fsp3) is 0.385. The smallest absolute Gasteiger partial charge is 0.307 e. The van der Waals surface area contributed by atoms with E-state index in [1.807, 2.05) is 6.92 Å². The molecule has 0 fully saturated rings. The molecule has 1 atom stereocenters. The first-order valence-electron chi connectivity index (χ1n) is 5.67. The van der Waals surface area contributed by atoms with E-state index in [0.29, 0.717) is 6.42 Å². The fourth-order valence-corrected chi connectivity index (χ4v) is 1.69. The van der Waals surface area contributed by atoms with Gasteiger partial charge in [-0.05, 0) is 18.1 Å². The van der Waals surface area contributed by atoms with E-state index in [9.17, 15) is 19.8 Å². The van der Waals surface area contributed by atoms with Crippen molar-refractivity contribution >= 4 is 11.8 Å². The van der Waals surface area contributed by atoms with Gasteiger partial charge in [0.25, 0.3) is 0 Å². The molecule has 0 unspecified atom stereocenters.